The van der Waals surface area contributed by atoms with E-state index < -0.39 is 28.8 Å². The van der Waals surface area contributed by atoms with E-state index in [1.807, 2.05) is 27.7 Å². The van der Waals surface area contributed by atoms with Crippen molar-refractivity contribution in [2.75, 3.05) is 0 Å². The number of hydrogen-bond acceptors (Lipinski definition) is 11. The molecular weight excluding hydrogens is 504 g/mol. The Morgan fingerprint density at radius 2 is 1.33 bits per heavy atom. The van der Waals surface area contributed by atoms with Gasteiger partial charge in [0.05, 0.1) is 23.3 Å². The summed E-state index contributed by atoms with van der Waals surface area (Å²) >= 11 is 2.41. The minimum absolute atomic E-state index is 0.147. The maximum absolute atomic E-state index is 13.6. The second-order valence-corrected chi connectivity index (χ2v) is 11.4. The van der Waals surface area contributed by atoms with Gasteiger partial charge in [0.2, 0.25) is 21.7 Å². The molecule has 0 aliphatic heterocycles. The van der Waals surface area contributed by atoms with Gasteiger partial charge in [-0.25, -0.2) is 0 Å². The molecule has 0 aliphatic carbocycles. The molecule has 5 aromatic rings. The lowest BCUT2D eigenvalue weighted by Crippen LogP contribution is -2.29. The summed E-state index contributed by atoms with van der Waals surface area (Å²) in [5.41, 5.74) is -1.85. The highest BCUT2D eigenvalue weighted by molar-refractivity contribution is 7.16. The summed E-state index contributed by atoms with van der Waals surface area (Å²) < 4.78 is 7.77. The van der Waals surface area contributed by atoms with Crippen molar-refractivity contribution in [2.24, 2.45) is 11.8 Å². The Morgan fingerprint density at radius 3 is 1.72 bits per heavy atom. The third-order valence-electron chi connectivity index (χ3n) is 5.50. The van der Waals surface area contributed by atoms with Gasteiger partial charge in [-0.15, -0.1) is 0 Å². The Morgan fingerprint density at radius 1 is 0.861 bits per heavy atom. The van der Waals surface area contributed by atoms with Gasteiger partial charge in [-0.3, -0.25) is 9.59 Å². The molecule has 0 amide bonds. The quantitative estimate of drug-likeness (QED) is 0.325. The molecule has 0 atom stereocenters. The Bertz CT molecular complexity index is 1570. The molecule has 0 fully saturated rings. The second kappa shape index (κ2) is 9.13. The van der Waals surface area contributed by atoms with Gasteiger partial charge >= 0.3 is 0 Å². The molecule has 36 heavy (non-hydrogen) atoms. The Labute approximate surface area is 212 Å². The molecule has 0 saturated carbocycles. The normalized spacial score (nSPS) is 12.2. The highest BCUT2D eigenvalue weighted by atomic mass is 32.1. The highest BCUT2D eigenvalue weighted by Gasteiger charge is 2.34. The van der Waals surface area contributed by atoms with Crippen LogP contribution in [0.3, 0.4) is 0 Å². The molecule has 0 aromatic carbocycles. The average molecular weight is 529 g/mol. The Balaban J connectivity index is 1.76. The lowest BCUT2D eigenvalue weighted by atomic mass is 9.91. The molecule has 0 bridgehead atoms. The fourth-order valence-corrected chi connectivity index (χ4v) is 6.21. The number of aromatic hydroxyl groups is 2. The number of nitrogens with zero attached hydrogens (tertiary/aromatic N) is 6. The molecule has 0 radical (unpaired) electrons. The molecule has 5 heterocycles. The summed E-state index contributed by atoms with van der Waals surface area (Å²) in [6.45, 7) is 8.12. The Hall–Kier alpha value is -3.58. The lowest BCUT2D eigenvalue weighted by Gasteiger charge is -2.15. The molecule has 188 valence electrons. The molecule has 0 spiro atoms. The lowest BCUT2D eigenvalue weighted by molar-refractivity contribution is 0.420. The van der Waals surface area contributed by atoms with E-state index in [4.69, 9.17) is 4.42 Å². The summed E-state index contributed by atoms with van der Waals surface area (Å²) in [4.78, 5) is 36.0. The Kier molecular flexibility index (Phi) is 6.12. The van der Waals surface area contributed by atoms with E-state index in [0.717, 1.165) is 9.03 Å². The van der Waals surface area contributed by atoms with E-state index in [-0.39, 0.29) is 26.8 Å². The first-order valence-corrected chi connectivity index (χ1v) is 13.0. The van der Waals surface area contributed by atoms with Crippen LogP contribution in [-0.4, -0.2) is 39.4 Å². The monoisotopic (exact) mass is 528 g/mol. The van der Waals surface area contributed by atoms with Gasteiger partial charge in [-0.05, 0) is 24.0 Å². The van der Waals surface area contributed by atoms with Crippen LogP contribution in [-0.2, 0) is 12.8 Å². The van der Waals surface area contributed by atoms with Crippen molar-refractivity contribution < 1.29 is 14.6 Å². The first-order chi connectivity index (χ1) is 17.1. The third kappa shape index (κ3) is 4.17. The summed E-state index contributed by atoms with van der Waals surface area (Å²) in [6, 6.07) is 3.12. The maximum atomic E-state index is 13.6. The van der Waals surface area contributed by atoms with E-state index in [9.17, 15) is 19.8 Å². The van der Waals surface area contributed by atoms with Crippen molar-refractivity contribution >= 4 is 32.6 Å². The number of furan rings is 1. The van der Waals surface area contributed by atoms with Crippen LogP contribution in [0.4, 0.5) is 0 Å². The first kappa shape index (κ1) is 24.1. The molecule has 5 aromatic heterocycles. The minimum atomic E-state index is -1.29. The van der Waals surface area contributed by atoms with E-state index >= 15 is 0 Å². The fourth-order valence-electron chi connectivity index (χ4n) is 4.03. The van der Waals surface area contributed by atoms with E-state index in [1.54, 1.807) is 12.1 Å². The van der Waals surface area contributed by atoms with Crippen molar-refractivity contribution in [1.82, 2.24) is 29.2 Å². The van der Waals surface area contributed by atoms with Crippen LogP contribution in [0.25, 0.3) is 9.92 Å². The molecule has 0 aliphatic rings. The zero-order chi connectivity index (χ0) is 25.7. The highest BCUT2D eigenvalue weighted by Crippen LogP contribution is 2.37. The minimum Gasteiger partial charge on any atom is -0.493 e. The molecule has 2 N–H and O–H groups in total. The van der Waals surface area contributed by atoms with Crippen LogP contribution >= 0.6 is 22.7 Å². The third-order valence-corrected chi connectivity index (χ3v) is 7.37. The number of rotatable bonds is 7. The van der Waals surface area contributed by atoms with Crippen LogP contribution in [0.1, 0.15) is 60.5 Å². The molecule has 0 unspecified atom stereocenters. The van der Waals surface area contributed by atoms with Crippen molar-refractivity contribution in [1.29, 1.82) is 0 Å². The SMILES string of the molecule is CC(C)Cc1nn2c(=O)c(C(c3ccco3)c3c(O)nc4sc(CC(C)C)nn4c3=O)c(O)nc2s1. The van der Waals surface area contributed by atoms with Crippen LogP contribution < -0.4 is 11.1 Å². The van der Waals surface area contributed by atoms with E-state index in [2.05, 4.69) is 20.2 Å². The zero-order valence-corrected chi connectivity index (χ0v) is 21.6. The average Bonchev–Trinajstić information content (AvgIpc) is 3.51. The van der Waals surface area contributed by atoms with Crippen molar-refractivity contribution in [3.05, 3.63) is 66.0 Å². The fraction of sp³-hybridized carbons (Fsp3) is 0.391. The van der Waals surface area contributed by atoms with Gasteiger partial charge in [0, 0.05) is 12.8 Å². The van der Waals surface area contributed by atoms with Gasteiger partial charge in [-0.2, -0.15) is 29.2 Å². The number of aromatic nitrogens is 6. The molecular formula is C23H24N6O5S2. The van der Waals surface area contributed by atoms with Gasteiger partial charge in [-0.1, -0.05) is 50.4 Å². The van der Waals surface area contributed by atoms with Gasteiger partial charge in [0.25, 0.3) is 11.1 Å². The van der Waals surface area contributed by atoms with Gasteiger partial charge in [0.15, 0.2) is 0 Å². The molecule has 0 saturated heterocycles. The van der Waals surface area contributed by atoms with Crippen LogP contribution in [0.5, 0.6) is 11.8 Å². The standard InChI is InChI=1S/C23H24N6O5S2/c1-10(2)8-13-26-28-20(32)16(18(30)24-22(28)35-13)15(12-6-5-7-34-12)17-19(31)25-23-29(21(17)33)27-14(36-23)9-11(3)4/h5-7,10-11,15,30-31H,8-9H2,1-4H3. The van der Waals surface area contributed by atoms with Crippen molar-refractivity contribution in [2.45, 2.75) is 46.5 Å². The van der Waals surface area contributed by atoms with Crippen LogP contribution in [0.15, 0.2) is 32.4 Å². The van der Waals surface area contributed by atoms with Crippen molar-refractivity contribution in [3.8, 4) is 11.8 Å². The predicted molar refractivity (Wildman–Crippen MR) is 134 cm³/mol. The van der Waals surface area contributed by atoms with E-state index in [0.29, 0.717) is 34.7 Å². The zero-order valence-electron chi connectivity index (χ0n) is 20.0. The van der Waals surface area contributed by atoms with Gasteiger partial charge < -0.3 is 14.6 Å². The van der Waals surface area contributed by atoms with Crippen LogP contribution in [0.2, 0.25) is 0 Å². The number of hydrogen-bond donors (Lipinski definition) is 2. The topological polar surface area (TPSA) is 148 Å². The summed E-state index contributed by atoms with van der Waals surface area (Å²) in [5.74, 6) is -1.70. The number of fused-ring (bicyclic) bond motifs is 2. The summed E-state index contributed by atoms with van der Waals surface area (Å²) in [6.07, 6.45) is 2.64. The first-order valence-electron chi connectivity index (χ1n) is 11.4. The maximum Gasteiger partial charge on any atom is 0.283 e. The summed E-state index contributed by atoms with van der Waals surface area (Å²) in [5, 5.41) is 31.9. The van der Waals surface area contributed by atoms with E-state index in [1.165, 1.54) is 28.9 Å². The molecule has 13 heteroatoms. The molecule has 11 nitrogen and oxygen atoms in total. The van der Waals surface area contributed by atoms with Gasteiger partial charge in [0.1, 0.15) is 15.8 Å². The van der Waals surface area contributed by atoms with Crippen LogP contribution in [0, 0.1) is 11.8 Å². The largest absolute Gasteiger partial charge is 0.493 e. The predicted octanol–water partition coefficient (Wildman–Crippen LogP) is 3.20. The molecule has 5 rings (SSSR count). The second-order valence-electron chi connectivity index (χ2n) is 9.33. The smallest absolute Gasteiger partial charge is 0.283 e. The van der Waals surface area contributed by atoms with Crippen molar-refractivity contribution in [3.63, 3.8) is 0 Å². The summed E-state index contributed by atoms with van der Waals surface area (Å²) in [7, 11) is 0.